The Labute approximate surface area is 130 Å². The van der Waals surface area contributed by atoms with E-state index < -0.39 is 0 Å². The van der Waals surface area contributed by atoms with E-state index in [9.17, 15) is 0 Å². The molecule has 3 atom stereocenters. The first-order chi connectivity index (χ1) is 10.1. The summed E-state index contributed by atoms with van der Waals surface area (Å²) in [5, 5.41) is 6.09. The van der Waals surface area contributed by atoms with Crippen LogP contribution >= 0.6 is 11.3 Å². The fourth-order valence-corrected chi connectivity index (χ4v) is 5.16. The molecule has 3 unspecified atom stereocenters. The highest BCUT2D eigenvalue weighted by Crippen LogP contribution is 2.52. The topological polar surface area (TPSA) is 12.0 Å². The zero-order valence-electron chi connectivity index (χ0n) is 12.8. The van der Waals surface area contributed by atoms with Crippen LogP contribution in [0.25, 0.3) is 0 Å². The molecule has 1 aliphatic heterocycles. The van der Waals surface area contributed by atoms with Crippen LogP contribution in [0, 0.1) is 26.7 Å². The van der Waals surface area contributed by atoms with Gasteiger partial charge < -0.3 is 5.32 Å². The summed E-state index contributed by atoms with van der Waals surface area (Å²) >= 11 is 1.90. The van der Waals surface area contributed by atoms with Crippen LogP contribution in [-0.2, 0) is 0 Å². The summed E-state index contributed by atoms with van der Waals surface area (Å²) in [4.78, 5) is 1.51. The number of rotatable bonds is 1. The zero-order valence-corrected chi connectivity index (χ0v) is 13.6. The Morgan fingerprint density at radius 3 is 2.76 bits per heavy atom. The van der Waals surface area contributed by atoms with Crippen molar-refractivity contribution in [3.8, 4) is 0 Å². The van der Waals surface area contributed by atoms with E-state index in [0.717, 1.165) is 0 Å². The number of hydrogen-bond acceptors (Lipinski definition) is 2. The average Bonchev–Trinajstić information content (AvgIpc) is 3.05. The number of nitrogens with one attached hydrogen (secondary N) is 1. The van der Waals surface area contributed by atoms with Crippen molar-refractivity contribution in [3.63, 3.8) is 0 Å². The van der Waals surface area contributed by atoms with Crippen molar-refractivity contribution in [2.45, 2.75) is 39.2 Å². The molecule has 1 nitrogen and oxygen atoms in total. The van der Waals surface area contributed by atoms with E-state index in [1.807, 2.05) is 11.3 Å². The Bertz CT molecular complexity index is 725. The quantitative estimate of drug-likeness (QED) is 0.685. The average molecular weight is 295 g/mol. The summed E-state index contributed by atoms with van der Waals surface area (Å²) in [6.07, 6.45) is 6.00. The molecule has 0 radical (unpaired) electrons. The lowest BCUT2D eigenvalue weighted by molar-refractivity contribution is 0.428. The van der Waals surface area contributed by atoms with Crippen molar-refractivity contribution in [1.29, 1.82) is 0 Å². The molecule has 1 aliphatic carbocycles. The molecule has 0 saturated carbocycles. The van der Waals surface area contributed by atoms with Gasteiger partial charge in [-0.15, -0.1) is 11.3 Å². The molecule has 4 rings (SSSR count). The molecule has 0 fully saturated rings. The number of benzene rings is 1. The first kappa shape index (κ1) is 13.1. The SMILES string of the molecule is Cc1cc(C)c2c(c1)NC(c1sccc1C)C1CC=CC21. The van der Waals surface area contributed by atoms with Crippen LogP contribution in [0.15, 0.2) is 35.7 Å². The predicted octanol–water partition coefficient (Wildman–Crippen LogP) is 5.50. The number of aryl methyl sites for hydroxylation is 3. The third-order valence-electron chi connectivity index (χ3n) is 5.00. The van der Waals surface area contributed by atoms with Gasteiger partial charge in [-0.05, 0) is 72.9 Å². The Morgan fingerprint density at radius 2 is 2.00 bits per heavy atom. The second-order valence-corrected chi connectivity index (χ2v) is 7.43. The van der Waals surface area contributed by atoms with Crippen LogP contribution < -0.4 is 5.32 Å². The number of hydrogen-bond donors (Lipinski definition) is 1. The van der Waals surface area contributed by atoms with E-state index in [2.05, 4.69) is 61.8 Å². The molecule has 0 spiro atoms. The van der Waals surface area contributed by atoms with E-state index >= 15 is 0 Å². The number of anilines is 1. The smallest absolute Gasteiger partial charge is 0.0649 e. The predicted molar refractivity (Wildman–Crippen MR) is 91.3 cm³/mol. The Morgan fingerprint density at radius 1 is 1.14 bits per heavy atom. The molecule has 108 valence electrons. The second-order valence-electron chi connectivity index (χ2n) is 6.49. The molecule has 0 saturated heterocycles. The molecule has 2 aromatic rings. The van der Waals surface area contributed by atoms with Gasteiger partial charge in [0, 0.05) is 16.5 Å². The minimum absolute atomic E-state index is 0.457. The molecule has 0 bridgehead atoms. The van der Waals surface area contributed by atoms with Gasteiger partial charge in [0.1, 0.15) is 0 Å². The van der Waals surface area contributed by atoms with Crippen molar-refractivity contribution in [3.05, 3.63) is 62.9 Å². The highest BCUT2D eigenvalue weighted by atomic mass is 32.1. The summed E-state index contributed by atoms with van der Waals surface area (Å²) in [5.74, 6) is 1.24. The molecular weight excluding hydrogens is 274 g/mol. The molecule has 0 amide bonds. The zero-order chi connectivity index (χ0) is 14.6. The van der Waals surface area contributed by atoms with Crippen molar-refractivity contribution in [1.82, 2.24) is 0 Å². The molecule has 1 N–H and O–H groups in total. The monoisotopic (exact) mass is 295 g/mol. The largest absolute Gasteiger partial charge is 0.377 e. The van der Waals surface area contributed by atoms with Gasteiger partial charge in [0.05, 0.1) is 6.04 Å². The van der Waals surface area contributed by atoms with Crippen molar-refractivity contribution in [2.75, 3.05) is 5.32 Å². The van der Waals surface area contributed by atoms with Gasteiger partial charge in [-0.25, -0.2) is 0 Å². The molecule has 1 aromatic heterocycles. The van der Waals surface area contributed by atoms with Gasteiger partial charge >= 0.3 is 0 Å². The van der Waals surface area contributed by atoms with Crippen LogP contribution in [0.5, 0.6) is 0 Å². The molecule has 2 heterocycles. The maximum atomic E-state index is 3.86. The summed E-state index contributed by atoms with van der Waals surface area (Å²) < 4.78 is 0. The molecule has 1 aromatic carbocycles. The Balaban J connectivity index is 1.86. The van der Waals surface area contributed by atoms with E-state index in [1.165, 1.54) is 39.2 Å². The lowest BCUT2D eigenvalue weighted by atomic mass is 9.76. The van der Waals surface area contributed by atoms with Crippen LogP contribution in [0.2, 0.25) is 0 Å². The number of thiophene rings is 1. The van der Waals surface area contributed by atoms with Crippen molar-refractivity contribution >= 4 is 17.0 Å². The summed E-state index contributed by atoms with van der Waals surface area (Å²) in [7, 11) is 0. The lowest BCUT2D eigenvalue weighted by Gasteiger charge is -2.38. The molecular formula is C19H21NS. The maximum absolute atomic E-state index is 3.86. The minimum atomic E-state index is 0.457. The summed E-state index contributed by atoms with van der Waals surface area (Å²) in [6, 6.07) is 7.34. The minimum Gasteiger partial charge on any atom is -0.377 e. The van der Waals surface area contributed by atoms with Gasteiger partial charge in [-0.2, -0.15) is 0 Å². The third kappa shape index (κ3) is 1.96. The van der Waals surface area contributed by atoms with Crippen molar-refractivity contribution in [2.24, 2.45) is 5.92 Å². The molecule has 2 aliphatic rings. The summed E-state index contributed by atoms with van der Waals surface area (Å²) in [5.41, 5.74) is 7.07. The third-order valence-corrected chi connectivity index (χ3v) is 6.10. The van der Waals surface area contributed by atoms with Gasteiger partial charge in [0.25, 0.3) is 0 Å². The van der Waals surface area contributed by atoms with E-state index in [-0.39, 0.29) is 0 Å². The summed E-state index contributed by atoms with van der Waals surface area (Å²) in [6.45, 7) is 6.69. The highest BCUT2D eigenvalue weighted by Gasteiger charge is 2.39. The normalized spacial score (nSPS) is 26.3. The van der Waals surface area contributed by atoms with Crippen LogP contribution in [0.1, 0.15) is 45.5 Å². The van der Waals surface area contributed by atoms with Crippen molar-refractivity contribution < 1.29 is 0 Å². The first-order valence-electron chi connectivity index (χ1n) is 7.73. The molecule has 2 heteroatoms. The maximum Gasteiger partial charge on any atom is 0.0649 e. The van der Waals surface area contributed by atoms with Gasteiger partial charge in [-0.3, -0.25) is 0 Å². The highest BCUT2D eigenvalue weighted by molar-refractivity contribution is 7.10. The van der Waals surface area contributed by atoms with Gasteiger partial charge in [-0.1, -0.05) is 18.2 Å². The van der Waals surface area contributed by atoms with Crippen LogP contribution in [0.3, 0.4) is 0 Å². The fraction of sp³-hybridized carbons (Fsp3) is 0.368. The van der Waals surface area contributed by atoms with Crippen LogP contribution in [-0.4, -0.2) is 0 Å². The number of fused-ring (bicyclic) bond motifs is 3. The number of allylic oxidation sites excluding steroid dienone is 2. The standard InChI is InChI=1S/C19H21NS/c1-11-9-13(3)17-14-5-4-6-15(14)18(20-16(17)10-11)19-12(2)7-8-21-19/h4-5,7-10,14-15,18,20H,6H2,1-3H3. The molecule has 21 heavy (non-hydrogen) atoms. The van der Waals surface area contributed by atoms with E-state index in [0.29, 0.717) is 17.9 Å². The van der Waals surface area contributed by atoms with E-state index in [1.54, 1.807) is 0 Å². The fourth-order valence-electron chi connectivity index (χ4n) is 4.10. The van der Waals surface area contributed by atoms with Gasteiger partial charge in [0.2, 0.25) is 0 Å². The Hall–Kier alpha value is -1.54. The Kier molecular flexibility index (Phi) is 2.97. The van der Waals surface area contributed by atoms with Gasteiger partial charge in [0.15, 0.2) is 0 Å². The first-order valence-corrected chi connectivity index (χ1v) is 8.61. The van der Waals surface area contributed by atoms with Crippen LogP contribution in [0.4, 0.5) is 5.69 Å². The van der Waals surface area contributed by atoms with E-state index in [4.69, 9.17) is 0 Å². The second kappa shape index (κ2) is 4.74. The lowest BCUT2D eigenvalue weighted by Crippen LogP contribution is -2.29.